The van der Waals surface area contributed by atoms with E-state index >= 15 is 0 Å². The number of hydrogen-bond acceptors (Lipinski definition) is 6. The van der Waals surface area contributed by atoms with Crippen LogP contribution in [0.5, 0.6) is 0 Å². The molecule has 1 aliphatic heterocycles. The maximum absolute atomic E-state index is 5.50. The van der Waals surface area contributed by atoms with Gasteiger partial charge in [-0.3, -0.25) is 0 Å². The number of thiol groups is 1. The molecule has 0 atom stereocenters. The van der Waals surface area contributed by atoms with Gasteiger partial charge in [0.25, 0.3) is 0 Å². The van der Waals surface area contributed by atoms with Crippen LogP contribution in [0.25, 0.3) is 0 Å². The van der Waals surface area contributed by atoms with Crippen LogP contribution in [0.3, 0.4) is 0 Å². The first-order valence-electron chi connectivity index (χ1n) is 7.17. The first kappa shape index (κ1) is 19.1. The molecular weight excluding hydrogens is 314 g/mol. The molecule has 1 aliphatic rings. The molecule has 0 aromatic rings. The highest BCUT2D eigenvalue weighted by Gasteiger charge is 2.06. The van der Waals surface area contributed by atoms with Crippen LogP contribution < -0.4 is 0 Å². The molecule has 1 heterocycles. The number of rotatable bonds is 0. The lowest BCUT2D eigenvalue weighted by atomic mass is 10.5. The standard InChI is InChI=1S/C13H25NO5S2/c20-13(21)14-1-3-15-5-7-17-9-11-19-12-10-18-8-6-16-4-2-14/h1-12H2,(H,20,21). The van der Waals surface area contributed by atoms with Crippen LogP contribution >= 0.6 is 24.8 Å². The molecule has 0 unspecified atom stereocenters. The number of thiocarbonyl (C=S) groups is 1. The Hall–Kier alpha value is 0.0400. The van der Waals surface area contributed by atoms with Crippen molar-refractivity contribution in [3.8, 4) is 0 Å². The lowest BCUT2D eigenvalue weighted by Crippen LogP contribution is -2.33. The molecule has 0 saturated carbocycles. The van der Waals surface area contributed by atoms with E-state index in [0.717, 1.165) is 0 Å². The van der Waals surface area contributed by atoms with E-state index < -0.39 is 0 Å². The first-order chi connectivity index (χ1) is 10.3. The molecule has 0 spiro atoms. The molecule has 8 heteroatoms. The van der Waals surface area contributed by atoms with Crippen molar-refractivity contribution in [2.24, 2.45) is 0 Å². The smallest absolute Gasteiger partial charge is 0.133 e. The van der Waals surface area contributed by atoms with Crippen LogP contribution in [-0.2, 0) is 23.7 Å². The Balaban J connectivity index is 2.23. The van der Waals surface area contributed by atoms with Crippen molar-refractivity contribution in [3.05, 3.63) is 0 Å². The third kappa shape index (κ3) is 11.3. The summed E-state index contributed by atoms with van der Waals surface area (Å²) < 4.78 is 27.7. The zero-order chi connectivity index (χ0) is 15.2. The summed E-state index contributed by atoms with van der Waals surface area (Å²) in [6, 6.07) is 0. The highest BCUT2D eigenvalue weighted by atomic mass is 32.1. The number of nitrogens with zero attached hydrogens (tertiary/aromatic N) is 1. The summed E-state index contributed by atoms with van der Waals surface area (Å²) in [5, 5.41) is 0. The highest BCUT2D eigenvalue weighted by Crippen LogP contribution is 1.97. The van der Waals surface area contributed by atoms with Crippen molar-refractivity contribution in [2.75, 3.05) is 79.2 Å². The molecule has 0 N–H and O–H groups in total. The van der Waals surface area contributed by atoms with Crippen LogP contribution in [0.2, 0.25) is 0 Å². The minimum absolute atomic E-state index is 0.557. The average molecular weight is 339 g/mol. The van der Waals surface area contributed by atoms with Crippen molar-refractivity contribution in [1.29, 1.82) is 0 Å². The van der Waals surface area contributed by atoms with E-state index in [4.69, 9.17) is 35.9 Å². The van der Waals surface area contributed by atoms with Crippen molar-refractivity contribution in [2.45, 2.75) is 0 Å². The van der Waals surface area contributed by atoms with Gasteiger partial charge in [0.2, 0.25) is 0 Å². The van der Waals surface area contributed by atoms with E-state index in [9.17, 15) is 0 Å². The summed E-state index contributed by atoms with van der Waals surface area (Å²) in [5.74, 6) is 0. The fourth-order valence-electron chi connectivity index (χ4n) is 1.63. The van der Waals surface area contributed by atoms with Crippen LogP contribution in [0, 0.1) is 0 Å². The predicted octanol–water partition coefficient (Wildman–Crippen LogP) is 0.600. The van der Waals surface area contributed by atoms with Gasteiger partial charge in [0, 0.05) is 13.1 Å². The third-order valence-electron chi connectivity index (χ3n) is 2.77. The fraction of sp³-hybridized carbons (Fsp3) is 0.923. The SMILES string of the molecule is S=C(S)N1CCOCCOCCOCCOCCOCC1. The summed E-state index contributed by atoms with van der Waals surface area (Å²) in [6.45, 7) is 7.11. The average Bonchev–Trinajstić information content (AvgIpc) is 2.47. The fourth-order valence-corrected chi connectivity index (χ4v) is 2.02. The summed E-state index contributed by atoms with van der Waals surface area (Å²) in [6.07, 6.45) is 0. The second-order valence-electron chi connectivity index (χ2n) is 4.33. The summed E-state index contributed by atoms with van der Waals surface area (Å²) in [5.41, 5.74) is 0. The van der Waals surface area contributed by atoms with Gasteiger partial charge in [-0.15, -0.1) is 12.6 Å². The zero-order valence-corrected chi connectivity index (χ0v) is 14.0. The molecule has 1 rings (SSSR count). The minimum Gasteiger partial charge on any atom is -0.377 e. The Morgan fingerprint density at radius 3 is 1.19 bits per heavy atom. The number of hydrogen-bond donors (Lipinski definition) is 1. The second kappa shape index (κ2) is 13.7. The summed E-state index contributed by atoms with van der Waals surface area (Å²) >= 11 is 9.31. The Kier molecular flexibility index (Phi) is 12.4. The molecule has 0 aliphatic carbocycles. The minimum atomic E-state index is 0.557. The third-order valence-corrected chi connectivity index (χ3v) is 3.31. The van der Waals surface area contributed by atoms with E-state index in [1.54, 1.807) is 0 Å². The molecular formula is C13H25NO5S2. The Morgan fingerprint density at radius 2 is 0.905 bits per heavy atom. The zero-order valence-electron chi connectivity index (χ0n) is 12.3. The molecule has 1 saturated heterocycles. The molecule has 1 fully saturated rings. The van der Waals surface area contributed by atoms with E-state index in [1.807, 2.05) is 4.90 Å². The van der Waals surface area contributed by atoms with Crippen molar-refractivity contribution in [1.82, 2.24) is 4.90 Å². The van der Waals surface area contributed by atoms with Crippen LogP contribution in [0.1, 0.15) is 0 Å². The predicted molar refractivity (Wildman–Crippen MR) is 87.3 cm³/mol. The quantitative estimate of drug-likeness (QED) is 0.512. The van der Waals surface area contributed by atoms with E-state index in [1.165, 1.54) is 0 Å². The van der Waals surface area contributed by atoms with E-state index in [2.05, 4.69) is 12.6 Å². The maximum Gasteiger partial charge on any atom is 0.133 e. The van der Waals surface area contributed by atoms with Gasteiger partial charge < -0.3 is 28.6 Å². The maximum atomic E-state index is 5.50. The van der Waals surface area contributed by atoms with Gasteiger partial charge in [-0.2, -0.15) is 0 Å². The lowest BCUT2D eigenvalue weighted by molar-refractivity contribution is -0.0154. The summed E-state index contributed by atoms with van der Waals surface area (Å²) in [4.78, 5) is 1.96. The van der Waals surface area contributed by atoms with Crippen molar-refractivity contribution < 1.29 is 23.7 Å². The first-order valence-corrected chi connectivity index (χ1v) is 8.03. The van der Waals surface area contributed by atoms with Crippen LogP contribution in [0.4, 0.5) is 0 Å². The van der Waals surface area contributed by atoms with Crippen molar-refractivity contribution >= 4 is 29.2 Å². The van der Waals surface area contributed by atoms with E-state index in [0.29, 0.717) is 83.5 Å². The normalized spacial score (nSPS) is 22.2. The van der Waals surface area contributed by atoms with Gasteiger partial charge in [-0.1, -0.05) is 12.2 Å². The second-order valence-corrected chi connectivity index (χ2v) is 5.44. The molecule has 124 valence electrons. The molecule has 0 radical (unpaired) electrons. The van der Waals surface area contributed by atoms with Gasteiger partial charge in [-0.25, -0.2) is 0 Å². The molecule has 0 aromatic carbocycles. The summed E-state index contributed by atoms with van der Waals surface area (Å²) in [7, 11) is 0. The van der Waals surface area contributed by atoms with Crippen LogP contribution in [0.15, 0.2) is 0 Å². The van der Waals surface area contributed by atoms with Crippen LogP contribution in [-0.4, -0.2) is 88.4 Å². The van der Waals surface area contributed by atoms with E-state index in [-0.39, 0.29) is 0 Å². The molecule has 21 heavy (non-hydrogen) atoms. The van der Waals surface area contributed by atoms with Gasteiger partial charge in [-0.05, 0) is 0 Å². The van der Waals surface area contributed by atoms with Gasteiger partial charge >= 0.3 is 0 Å². The van der Waals surface area contributed by atoms with Crippen molar-refractivity contribution in [3.63, 3.8) is 0 Å². The van der Waals surface area contributed by atoms with Gasteiger partial charge in [0.1, 0.15) is 4.32 Å². The molecule has 0 aromatic heterocycles. The highest BCUT2D eigenvalue weighted by molar-refractivity contribution is 8.10. The topological polar surface area (TPSA) is 49.4 Å². The Labute approximate surface area is 137 Å². The molecule has 0 amide bonds. The van der Waals surface area contributed by atoms with Gasteiger partial charge in [0.05, 0.1) is 66.1 Å². The molecule has 0 bridgehead atoms. The number of ether oxygens (including phenoxy) is 5. The van der Waals surface area contributed by atoms with Gasteiger partial charge in [0.15, 0.2) is 0 Å². The Morgan fingerprint density at radius 1 is 0.619 bits per heavy atom. The largest absolute Gasteiger partial charge is 0.377 e. The molecule has 6 nitrogen and oxygen atoms in total. The Bertz CT molecular complexity index is 253. The monoisotopic (exact) mass is 339 g/mol. The lowest BCUT2D eigenvalue weighted by Gasteiger charge is -2.22.